The molecule has 3 N–H and O–H groups in total. The molecule has 3 aromatic carbocycles. The number of benzene rings is 3. The zero-order chi connectivity index (χ0) is 32.6. The molecule has 7 nitrogen and oxygen atoms in total. The molecule has 45 heavy (non-hydrogen) atoms. The number of hydrogen-bond acceptors (Lipinski definition) is 4. The van der Waals surface area contributed by atoms with Crippen molar-refractivity contribution in [3.63, 3.8) is 0 Å². The Morgan fingerprint density at radius 1 is 0.644 bits per heavy atom. The molecule has 0 heterocycles. The van der Waals surface area contributed by atoms with Crippen molar-refractivity contribution in [3.05, 3.63) is 69.7 Å². The number of rotatable bonds is 21. The summed E-state index contributed by atoms with van der Waals surface area (Å²) in [4.78, 5) is 39.0. The van der Waals surface area contributed by atoms with Crippen LogP contribution in [0.1, 0.15) is 141 Å². The second-order valence-electron chi connectivity index (χ2n) is 11.9. The minimum atomic E-state index is -1.29. The number of carbonyl (C=O) groups excluding carboxylic acids is 1. The second kappa shape index (κ2) is 19.2. The summed E-state index contributed by atoms with van der Waals surface area (Å²) in [6.07, 6.45) is 19.5. The summed E-state index contributed by atoms with van der Waals surface area (Å²) < 4.78 is 0.632. The Kier molecular flexibility index (Phi) is 15.4. The molecule has 0 aliphatic heterocycles. The fraction of sp³-hybridized carbons (Fsp3) is 0.486. The lowest BCUT2D eigenvalue weighted by atomic mass is 10.0. The molecule has 8 heteroatoms. The van der Waals surface area contributed by atoms with Crippen molar-refractivity contribution in [2.75, 3.05) is 11.4 Å². The number of phenolic OH excluding ortho intramolecular Hbond substituents is 1. The van der Waals surface area contributed by atoms with Crippen LogP contribution < -0.4 is 4.90 Å². The molecule has 0 aromatic heterocycles. The summed E-state index contributed by atoms with van der Waals surface area (Å²) in [5.41, 5.74) is -0.228. The number of unbranched alkanes of at least 4 members (excludes halogenated alkanes) is 15. The minimum Gasteiger partial charge on any atom is -0.506 e. The highest BCUT2D eigenvalue weighted by molar-refractivity contribution is 9.10. The van der Waals surface area contributed by atoms with Crippen LogP contribution in [0.4, 0.5) is 5.69 Å². The quantitative estimate of drug-likeness (QED) is 0.0964. The van der Waals surface area contributed by atoms with Gasteiger partial charge in [-0.25, -0.2) is 9.59 Å². The Hall–Kier alpha value is -3.39. The molecule has 0 aliphatic carbocycles. The number of anilines is 1. The maximum atomic E-state index is 14.0. The molecule has 0 spiro atoms. The van der Waals surface area contributed by atoms with E-state index >= 15 is 0 Å². The van der Waals surface area contributed by atoms with Gasteiger partial charge in [-0.2, -0.15) is 0 Å². The molecule has 0 radical (unpaired) electrons. The average molecular weight is 683 g/mol. The Morgan fingerprint density at radius 2 is 1.09 bits per heavy atom. The highest BCUT2D eigenvalue weighted by Gasteiger charge is 2.25. The van der Waals surface area contributed by atoms with E-state index < -0.39 is 17.8 Å². The highest BCUT2D eigenvalue weighted by atomic mass is 79.9. The summed E-state index contributed by atoms with van der Waals surface area (Å²) in [6, 6.07) is 12.4. The van der Waals surface area contributed by atoms with Crippen LogP contribution in [0, 0.1) is 0 Å². The van der Waals surface area contributed by atoms with E-state index in [0.717, 1.165) is 30.7 Å². The Bertz CT molecular complexity index is 1390. The normalized spacial score (nSPS) is 11.2. The third kappa shape index (κ3) is 11.2. The first-order valence-corrected chi connectivity index (χ1v) is 17.4. The van der Waals surface area contributed by atoms with E-state index in [1.807, 2.05) is 12.1 Å². The maximum absolute atomic E-state index is 14.0. The number of aromatic carboxylic acids is 2. The van der Waals surface area contributed by atoms with Crippen LogP contribution in [0.15, 0.2) is 53.0 Å². The number of amides is 1. The van der Waals surface area contributed by atoms with Gasteiger partial charge >= 0.3 is 11.9 Å². The molecule has 3 rings (SSSR count). The van der Waals surface area contributed by atoms with Gasteiger partial charge in [0.2, 0.25) is 0 Å². The largest absolute Gasteiger partial charge is 0.506 e. The number of nitrogens with zero attached hydrogens (tertiary/aromatic N) is 1. The van der Waals surface area contributed by atoms with Gasteiger partial charge in [0, 0.05) is 22.1 Å². The lowest BCUT2D eigenvalue weighted by Crippen LogP contribution is -2.32. The van der Waals surface area contributed by atoms with Crippen molar-refractivity contribution < 1.29 is 29.7 Å². The number of carboxylic acid groups (broad SMARTS) is 2. The van der Waals surface area contributed by atoms with Crippen LogP contribution in [0.3, 0.4) is 0 Å². The molecule has 0 atom stereocenters. The number of carboxylic acids is 2. The van der Waals surface area contributed by atoms with Crippen LogP contribution in [-0.4, -0.2) is 39.7 Å². The van der Waals surface area contributed by atoms with Crippen LogP contribution in [0.2, 0.25) is 0 Å². The Balaban J connectivity index is 1.59. The Labute approximate surface area is 275 Å². The number of carbonyl (C=O) groups is 3. The predicted octanol–water partition coefficient (Wildman–Crippen LogP) is 10.6. The first kappa shape index (κ1) is 36.1. The minimum absolute atomic E-state index is 0.0506. The highest BCUT2D eigenvalue weighted by Crippen LogP contribution is 2.36. The summed E-state index contributed by atoms with van der Waals surface area (Å²) in [6.45, 7) is 2.50. The van der Waals surface area contributed by atoms with Gasteiger partial charge in [-0.05, 0) is 36.1 Å². The van der Waals surface area contributed by atoms with E-state index in [9.17, 15) is 29.7 Å². The number of phenols is 1. The maximum Gasteiger partial charge on any atom is 0.335 e. The van der Waals surface area contributed by atoms with Gasteiger partial charge in [0.15, 0.2) is 0 Å². The number of aromatic hydroxyl groups is 1. The molecular weight excluding hydrogens is 634 g/mol. The van der Waals surface area contributed by atoms with Crippen molar-refractivity contribution in [3.8, 4) is 5.75 Å². The molecule has 0 bridgehead atoms. The topological polar surface area (TPSA) is 115 Å². The van der Waals surface area contributed by atoms with Gasteiger partial charge in [0.05, 0.1) is 16.7 Å². The van der Waals surface area contributed by atoms with Crippen LogP contribution >= 0.6 is 15.9 Å². The van der Waals surface area contributed by atoms with Gasteiger partial charge < -0.3 is 20.2 Å². The lowest BCUT2D eigenvalue weighted by molar-refractivity contribution is 0.0696. The summed E-state index contributed by atoms with van der Waals surface area (Å²) in [5.74, 6) is -3.28. The van der Waals surface area contributed by atoms with Crippen molar-refractivity contribution >= 4 is 50.2 Å². The number of hydrogen-bond donors (Lipinski definition) is 3. The molecule has 0 aliphatic rings. The number of halogens is 1. The third-order valence-electron chi connectivity index (χ3n) is 8.40. The molecule has 0 saturated heterocycles. The predicted molar refractivity (Wildman–Crippen MR) is 185 cm³/mol. The van der Waals surface area contributed by atoms with Gasteiger partial charge in [-0.3, -0.25) is 4.79 Å². The fourth-order valence-electron chi connectivity index (χ4n) is 5.80. The van der Waals surface area contributed by atoms with Gasteiger partial charge in [-0.1, -0.05) is 143 Å². The SMILES string of the molecule is CCCCCCCCCCCCCCCCCCN(C(=O)c1cc(Br)c2ccccc2c1O)c1cc(C(=O)O)cc(C(=O)O)c1. The molecule has 244 valence electrons. The fourth-order valence-corrected chi connectivity index (χ4v) is 6.38. The molecule has 1 amide bonds. The second-order valence-corrected chi connectivity index (χ2v) is 12.8. The van der Waals surface area contributed by atoms with E-state index in [4.69, 9.17) is 0 Å². The van der Waals surface area contributed by atoms with Gasteiger partial charge in [0.25, 0.3) is 5.91 Å². The van der Waals surface area contributed by atoms with E-state index in [2.05, 4.69) is 22.9 Å². The summed E-state index contributed by atoms with van der Waals surface area (Å²) >= 11 is 3.50. The van der Waals surface area contributed by atoms with E-state index in [1.54, 1.807) is 18.2 Å². The molecule has 3 aromatic rings. The molecule has 0 fully saturated rings. The van der Waals surface area contributed by atoms with E-state index in [0.29, 0.717) is 16.3 Å². The van der Waals surface area contributed by atoms with Crippen molar-refractivity contribution in [1.29, 1.82) is 0 Å². The van der Waals surface area contributed by atoms with Gasteiger partial charge in [-0.15, -0.1) is 0 Å². The number of fused-ring (bicyclic) bond motifs is 1. The monoisotopic (exact) mass is 681 g/mol. The van der Waals surface area contributed by atoms with E-state index in [1.165, 1.54) is 94.1 Å². The molecule has 0 unspecified atom stereocenters. The van der Waals surface area contributed by atoms with Crippen molar-refractivity contribution in [1.82, 2.24) is 0 Å². The zero-order valence-electron chi connectivity index (χ0n) is 26.5. The van der Waals surface area contributed by atoms with Crippen molar-refractivity contribution in [2.24, 2.45) is 0 Å². The smallest absolute Gasteiger partial charge is 0.335 e. The first-order chi connectivity index (χ1) is 21.7. The summed E-state index contributed by atoms with van der Waals surface area (Å²) in [7, 11) is 0. The van der Waals surface area contributed by atoms with Crippen LogP contribution in [0.25, 0.3) is 10.8 Å². The standard InChI is InChI=1S/C37H48BrNO6/c1-2-3-4-5-6-7-8-9-10-11-12-13-14-15-16-19-22-39(29-24-27(36(42)43)23-28(25-29)37(44)45)35(41)32-26-33(38)30-20-17-18-21-31(30)34(32)40/h17-18,20-21,23-26,40H,2-16,19,22H2,1H3,(H,42,43)(H,44,45). The van der Waals surface area contributed by atoms with Crippen LogP contribution in [0.5, 0.6) is 5.75 Å². The zero-order valence-corrected chi connectivity index (χ0v) is 28.1. The lowest BCUT2D eigenvalue weighted by Gasteiger charge is -2.25. The van der Waals surface area contributed by atoms with Crippen LogP contribution in [-0.2, 0) is 0 Å². The summed E-state index contributed by atoms with van der Waals surface area (Å²) in [5, 5.41) is 31.6. The molecule has 0 saturated carbocycles. The van der Waals surface area contributed by atoms with Gasteiger partial charge in [0.1, 0.15) is 5.75 Å². The average Bonchev–Trinajstić information content (AvgIpc) is 3.03. The third-order valence-corrected chi connectivity index (χ3v) is 9.06. The molecular formula is C37H48BrNO6. The van der Waals surface area contributed by atoms with Crippen molar-refractivity contribution in [2.45, 2.75) is 110 Å². The van der Waals surface area contributed by atoms with E-state index in [-0.39, 0.29) is 34.7 Å². The Morgan fingerprint density at radius 3 is 1.56 bits per heavy atom. The first-order valence-electron chi connectivity index (χ1n) is 16.6.